The van der Waals surface area contributed by atoms with Gasteiger partial charge >= 0.3 is 12.1 Å². The van der Waals surface area contributed by atoms with E-state index in [0.717, 1.165) is 23.4 Å². The number of hydrogen-bond donors (Lipinski definition) is 1. The molecular formula is C26H30F4N4O2. The Morgan fingerprint density at radius 1 is 1.17 bits per heavy atom. The normalized spacial score (nSPS) is 19.0. The number of halogens is 4. The maximum atomic E-state index is 14.8. The van der Waals surface area contributed by atoms with Crippen LogP contribution in [0.4, 0.5) is 23.4 Å². The molecule has 1 fully saturated rings. The van der Waals surface area contributed by atoms with Crippen molar-refractivity contribution in [2.75, 3.05) is 18.0 Å². The maximum Gasteiger partial charge on any atom is 0.416 e. The first-order chi connectivity index (χ1) is 16.8. The van der Waals surface area contributed by atoms with Crippen molar-refractivity contribution in [2.24, 2.45) is 11.3 Å². The van der Waals surface area contributed by atoms with Crippen molar-refractivity contribution in [1.29, 1.82) is 0 Å². The molecule has 3 aromatic rings. The molecule has 1 aliphatic rings. The smallest absolute Gasteiger partial charge is 0.416 e. The van der Waals surface area contributed by atoms with Crippen LogP contribution in [-0.2, 0) is 11.0 Å². The van der Waals surface area contributed by atoms with Gasteiger partial charge in [0.15, 0.2) is 5.65 Å². The average Bonchev–Trinajstić information content (AvgIpc) is 3.20. The molecule has 4 rings (SSSR count). The second-order valence-electron chi connectivity index (χ2n) is 10.2. The van der Waals surface area contributed by atoms with E-state index in [9.17, 15) is 27.5 Å². The van der Waals surface area contributed by atoms with Crippen molar-refractivity contribution in [3.63, 3.8) is 0 Å². The molecule has 0 unspecified atom stereocenters. The van der Waals surface area contributed by atoms with Crippen LogP contribution in [0.5, 0.6) is 0 Å². The number of nitrogens with zero attached hydrogens (tertiary/aromatic N) is 4. The van der Waals surface area contributed by atoms with E-state index in [1.807, 2.05) is 39.5 Å². The van der Waals surface area contributed by atoms with Gasteiger partial charge in [0.05, 0.1) is 16.7 Å². The number of rotatable bonds is 5. The van der Waals surface area contributed by atoms with Crippen LogP contribution in [0.3, 0.4) is 0 Å². The second kappa shape index (κ2) is 9.05. The number of aryl methyl sites for hydroxylation is 1. The summed E-state index contributed by atoms with van der Waals surface area (Å²) in [7, 11) is 0. The fraction of sp³-hybridized carbons (Fsp3) is 0.500. The summed E-state index contributed by atoms with van der Waals surface area (Å²) in [5, 5.41) is 14.7. The van der Waals surface area contributed by atoms with Crippen LogP contribution in [0.25, 0.3) is 16.9 Å². The number of alkyl halides is 3. The van der Waals surface area contributed by atoms with Crippen molar-refractivity contribution in [3.05, 3.63) is 46.9 Å². The van der Waals surface area contributed by atoms with Gasteiger partial charge < -0.3 is 10.0 Å². The lowest BCUT2D eigenvalue weighted by molar-refractivity contribution is -0.152. The Morgan fingerprint density at radius 2 is 1.86 bits per heavy atom. The van der Waals surface area contributed by atoms with E-state index in [4.69, 9.17) is 0 Å². The van der Waals surface area contributed by atoms with Gasteiger partial charge in [-0.1, -0.05) is 27.7 Å². The van der Waals surface area contributed by atoms with Gasteiger partial charge in [-0.3, -0.25) is 4.79 Å². The third-order valence-electron chi connectivity index (χ3n) is 7.31. The van der Waals surface area contributed by atoms with Gasteiger partial charge in [-0.15, -0.1) is 0 Å². The highest BCUT2D eigenvalue weighted by Gasteiger charge is 2.46. The number of aromatic nitrogens is 3. The SMILES string of the molecule is Cc1nc2cc(-c3ccc(C(F)(F)F)cc3F)nn2c(N2CCC[C@@](C(=O)O)(C(C)C)C2)c1C(C)C. The number of anilines is 1. The van der Waals surface area contributed by atoms with Crippen molar-refractivity contribution in [2.45, 2.75) is 59.6 Å². The Kier molecular flexibility index (Phi) is 6.51. The highest BCUT2D eigenvalue weighted by molar-refractivity contribution is 5.77. The third-order valence-corrected chi connectivity index (χ3v) is 7.31. The predicted octanol–water partition coefficient (Wildman–Crippen LogP) is 6.31. The molecule has 1 atom stereocenters. The molecule has 0 radical (unpaired) electrons. The molecule has 1 N–H and O–H groups in total. The van der Waals surface area contributed by atoms with Gasteiger partial charge in [-0.05, 0) is 49.8 Å². The van der Waals surface area contributed by atoms with Crippen molar-refractivity contribution < 1.29 is 27.5 Å². The van der Waals surface area contributed by atoms with E-state index in [0.29, 0.717) is 36.9 Å². The van der Waals surface area contributed by atoms with Crippen LogP contribution in [0.2, 0.25) is 0 Å². The molecule has 10 heteroatoms. The van der Waals surface area contributed by atoms with Crippen LogP contribution in [0.15, 0.2) is 24.3 Å². The van der Waals surface area contributed by atoms with E-state index < -0.39 is 28.9 Å². The molecule has 0 amide bonds. The highest BCUT2D eigenvalue weighted by atomic mass is 19.4. The molecule has 1 aliphatic heterocycles. The average molecular weight is 507 g/mol. The second-order valence-corrected chi connectivity index (χ2v) is 10.2. The van der Waals surface area contributed by atoms with Gasteiger partial charge in [-0.25, -0.2) is 9.37 Å². The molecule has 0 bridgehead atoms. The molecule has 194 valence electrons. The Bertz CT molecular complexity index is 1320. The first kappa shape index (κ1) is 25.9. The molecule has 0 spiro atoms. The molecule has 1 saturated heterocycles. The Morgan fingerprint density at radius 3 is 2.42 bits per heavy atom. The van der Waals surface area contributed by atoms with E-state index >= 15 is 0 Å². The zero-order valence-electron chi connectivity index (χ0n) is 20.9. The first-order valence-corrected chi connectivity index (χ1v) is 12.0. The third kappa shape index (κ3) is 4.30. The molecule has 0 aliphatic carbocycles. The van der Waals surface area contributed by atoms with Gasteiger partial charge in [-0.2, -0.15) is 22.8 Å². The fourth-order valence-corrected chi connectivity index (χ4v) is 5.28. The minimum absolute atomic E-state index is 0.0348. The lowest BCUT2D eigenvalue weighted by Gasteiger charge is -2.44. The summed E-state index contributed by atoms with van der Waals surface area (Å²) in [6.07, 6.45) is -3.42. The molecule has 1 aromatic carbocycles. The number of aliphatic carboxylic acids is 1. The van der Waals surface area contributed by atoms with E-state index in [1.54, 1.807) is 10.6 Å². The standard InChI is InChI=1S/C26H30F4N4O2/c1-14(2)22-16(5)31-21-12-20(18-8-7-17(11-19(18)27)26(28,29)30)32-34(21)23(22)33-10-6-9-25(13-33,15(3)4)24(35)36/h7-8,11-12,14-15H,6,9-10,13H2,1-5H3,(H,35,36)/t25-/m0/s1. The van der Waals surface area contributed by atoms with Crippen LogP contribution >= 0.6 is 0 Å². The minimum atomic E-state index is -4.66. The molecular weight excluding hydrogens is 476 g/mol. The number of hydrogen-bond acceptors (Lipinski definition) is 4. The number of fused-ring (bicyclic) bond motifs is 1. The number of carbonyl (C=O) groups is 1. The van der Waals surface area contributed by atoms with Crippen LogP contribution in [-0.4, -0.2) is 38.8 Å². The highest BCUT2D eigenvalue weighted by Crippen LogP contribution is 2.42. The summed E-state index contributed by atoms with van der Waals surface area (Å²) >= 11 is 0. The summed E-state index contributed by atoms with van der Waals surface area (Å²) in [5.41, 5.74) is 0.127. The quantitative estimate of drug-likeness (QED) is 0.411. The van der Waals surface area contributed by atoms with Gasteiger partial charge in [0.2, 0.25) is 0 Å². The summed E-state index contributed by atoms with van der Waals surface area (Å²) in [5.74, 6) is -1.25. The number of carboxylic acid groups (broad SMARTS) is 1. The van der Waals surface area contributed by atoms with Gasteiger partial charge in [0.25, 0.3) is 0 Å². The largest absolute Gasteiger partial charge is 0.481 e. The number of carboxylic acids is 1. The van der Waals surface area contributed by atoms with Gasteiger partial charge in [0, 0.05) is 36.0 Å². The molecule has 6 nitrogen and oxygen atoms in total. The van der Waals surface area contributed by atoms with E-state index in [2.05, 4.69) is 10.1 Å². The Labute approximate surface area is 206 Å². The number of piperidine rings is 1. The summed E-state index contributed by atoms with van der Waals surface area (Å²) in [6.45, 7) is 10.6. The minimum Gasteiger partial charge on any atom is -0.481 e. The van der Waals surface area contributed by atoms with Crippen molar-refractivity contribution in [1.82, 2.24) is 14.6 Å². The lowest BCUT2D eigenvalue weighted by Crippen LogP contribution is -2.51. The fourth-order valence-electron chi connectivity index (χ4n) is 5.28. The summed E-state index contributed by atoms with van der Waals surface area (Å²) in [4.78, 5) is 19.1. The molecule has 0 saturated carbocycles. The number of benzene rings is 1. The van der Waals surface area contributed by atoms with E-state index in [-0.39, 0.29) is 29.6 Å². The molecule has 2 aromatic heterocycles. The first-order valence-electron chi connectivity index (χ1n) is 12.0. The Hall–Kier alpha value is -3.17. The van der Waals surface area contributed by atoms with Gasteiger partial charge in [0.1, 0.15) is 11.6 Å². The monoisotopic (exact) mass is 506 g/mol. The van der Waals surface area contributed by atoms with Crippen molar-refractivity contribution in [3.8, 4) is 11.3 Å². The molecule has 36 heavy (non-hydrogen) atoms. The van der Waals surface area contributed by atoms with E-state index in [1.165, 1.54) is 0 Å². The zero-order valence-corrected chi connectivity index (χ0v) is 20.9. The van der Waals surface area contributed by atoms with Crippen LogP contribution < -0.4 is 4.90 Å². The topological polar surface area (TPSA) is 70.7 Å². The van der Waals surface area contributed by atoms with Crippen LogP contribution in [0, 0.1) is 24.1 Å². The zero-order chi connectivity index (χ0) is 26.6. The maximum absolute atomic E-state index is 14.8. The summed E-state index contributed by atoms with van der Waals surface area (Å²) in [6, 6.07) is 3.91. The predicted molar refractivity (Wildman–Crippen MR) is 129 cm³/mol. The van der Waals surface area contributed by atoms with Crippen molar-refractivity contribution >= 4 is 17.4 Å². The van der Waals surface area contributed by atoms with Crippen LogP contribution in [0.1, 0.15) is 63.3 Å². The Balaban J connectivity index is 1.90. The molecule has 3 heterocycles. The summed E-state index contributed by atoms with van der Waals surface area (Å²) < 4.78 is 55.4. The lowest BCUT2D eigenvalue weighted by atomic mass is 9.71.